The van der Waals surface area contributed by atoms with Gasteiger partial charge in [0, 0.05) is 10.3 Å². The normalized spacial score (nSPS) is 13.7. The number of hydrogen-bond acceptors (Lipinski definition) is 5. The molecule has 132 valence electrons. The van der Waals surface area contributed by atoms with Crippen LogP contribution in [0.25, 0.3) is 10.2 Å². The number of aromatic nitrogens is 2. The highest BCUT2D eigenvalue weighted by Crippen LogP contribution is 2.40. The molecule has 1 aliphatic carbocycles. The summed E-state index contributed by atoms with van der Waals surface area (Å²) in [5.74, 6) is 3.79. The summed E-state index contributed by atoms with van der Waals surface area (Å²) in [5, 5.41) is 5.11. The molecule has 2 heterocycles. The maximum Gasteiger partial charge on any atom is 0.231 e. The van der Waals surface area contributed by atoms with Crippen LogP contribution in [-0.4, -0.2) is 27.2 Å². The molecule has 0 saturated carbocycles. The van der Waals surface area contributed by atoms with Gasteiger partial charge in [-0.05, 0) is 44.6 Å². The van der Waals surface area contributed by atoms with Gasteiger partial charge in [-0.2, -0.15) is 0 Å². The van der Waals surface area contributed by atoms with Crippen LogP contribution in [0.4, 0.5) is 0 Å². The summed E-state index contributed by atoms with van der Waals surface area (Å²) in [6.45, 7) is 5.91. The minimum atomic E-state index is -0.543. The van der Waals surface area contributed by atoms with E-state index in [-0.39, 0.29) is 5.91 Å². The predicted octanol–water partition coefficient (Wildman–Crippen LogP) is 3.89. The number of nitrogens with one attached hydrogen (secondary N) is 1. The Morgan fingerprint density at radius 1 is 1.36 bits per heavy atom. The first-order valence-corrected chi connectivity index (χ1v) is 10.5. The lowest BCUT2D eigenvalue weighted by atomic mass is 9.94. The van der Waals surface area contributed by atoms with Gasteiger partial charge >= 0.3 is 0 Å². The molecule has 0 aromatic carbocycles. The number of fused-ring (bicyclic) bond motifs is 3. The Labute approximate surface area is 157 Å². The van der Waals surface area contributed by atoms with Crippen molar-refractivity contribution in [1.29, 1.82) is 0 Å². The molecule has 3 rings (SSSR count). The van der Waals surface area contributed by atoms with Crippen LogP contribution in [0.1, 0.15) is 49.4 Å². The molecule has 25 heavy (non-hydrogen) atoms. The van der Waals surface area contributed by atoms with E-state index < -0.39 is 5.54 Å². The Morgan fingerprint density at radius 2 is 2.12 bits per heavy atom. The second-order valence-corrected chi connectivity index (χ2v) is 8.43. The molecule has 0 unspecified atom stereocenters. The number of nitrogens with zero attached hydrogens (tertiary/aromatic N) is 2. The Balaban J connectivity index is 1.80. The molecule has 1 amide bonds. The van der Waals surface area contributed by atoms with Gasteiger partial charge in [0.25, 0.3) is 0 Å². The summed E-state index contributed by atoms with van der Waals surface area (Å²) in [7, 11) is 0. The molecular formula is C19H23N3OS2. The molecule has 4 nitrogen and oxygen atoms in total. The number of rotatable bonds is 6. The molecule has 2 aromatic rings. The summed E-state index contributed by atoms with van der Waals surface area (Å²) < 4.78 is 0. The molecule has 0 bridgehead atoms. The van der Waals surface area contributed by atoms with Crippen LogP contribution in [0.5, 0.6) is 0 Å². The third-order valence-electron chi connectivity index (χ3n) is 4.85. The maximum atomic E-state index is 12.4. The molecule has 1 aliphatic rings. The van der Waals surface area contributed by atoms with Gasteiger partial charge < -0.3 is 5.32 Å². The molecular weight excluding hydrogens is 350 g/mol. The van der Waals surface area contributed by atoms with Gasteiger partial charge in [-0.3, -0.25) is 4.79 Å². The minimum absolute atomic E-state index is 0.0389. The average molecular weight is 374 g/mol. The van der Waals surface area contributed by atoms with Gasteiger partial charge in [-0.25, -0.2) is 9.97 Å². The first kappa shape index (κ1) is 18.2. The van der Waals surface area contributed by atoms with Gasteiger partial charge in [-0.15, -0.1) is 17.8 Å². The monoisotopic (exact) mass is 373 g/mol. The van der Waals surface area contributed by atoms with E-state index in [0.29, 0.717) is 5.75 Å². The topological polar surface area (TPSA) is 54.9 Å². The molecule has 0 atom stereocenters. The Bertz CT molecular complexity index is 846. The summed E-state index contributed by atoms with van der Waals surface area (Å²) in [6.07, 6.45) is 10.5. The van der Waals surface area contributed by atoms with Gasteiger partial charge in [-0.1, -0.05) is 31.5 Å². The third kappa shape index (κ3) is 3.54. The van der Waals surface area contributed by atoms with E-state index in [1.165, 1.54) is 28.6 Å². The highest BCUT2D eigenvalue weighted by atomic mass is 32.2. The summed E-state index contributed by atoms with van der Waals surface area (Å²) in [4.78, 5) is 24.1. The molecule has 0 fully saturated rings. The molecule has 6 heteroatoms. The second-order valence-electron chi connectivity index (χ2n) is 6.38. The number of amides is 1. The quantitative estimate of drug-likeness (QED) is 0.474. The lowest BCUT2D eigenvalue weighted by molar-refractivity contribution is -0.119. The number of carbonyl (C=O) groups excluding carboxylic acids is 1. The van der Waals surface area contributed by atoms with Gasteiger partial charge in [0.1, 0.15) is 21.2 Å². The van der Waals surface area contributed by atoms with Crippen molar-refractivity contribution in [3.8, 4) is 12.3 Å². The van der Waals surface area contributed by atoms with Crippen LogP contribution >= 0.6 is 23.1 Å². The van der Waals surface area contributed by atoms with Crippen LogP contribution < -0.4 is 5.32 Å². The fourth-order valence-corrected chi connectivity index (χ4v) is 5.54. The van der Waals surface area contributed by atoms with Crippen molar-refractivity contribution in [2.24, 2.45) is 0 Å². The lowest BCUT2D eigenvalue weighted by Gasteiger charge is -2.26. The van der Waals surface area contributed by atoms with Crippen molar-refractivity contribution in [2.45, 2.75) is 63.4 Å². The van der Waals surface area contributed by atoms with Crippen LogP contribution in [0.15, 0.2) is 5.03 Å². The average Bonchev–Trinajstić information content (AvgIpc) is 3.18. The SMILES string of the molecule is C#CC(CC)(CC)NC(=O)CSc1nc(C)nc2sc3c(c12)CCC3. The van der Waals surface area contributed by atoms with E-state index in [4.69, 9.17) is 6.42 Å². The van der Waals surface area contributed by atoms with Gasteiger partial charge in [0.05, 0.1) is 5.75 Å². The minimum Gasteiger partial charge on any atom is -0.339 e. The van der Waals surface area contributed by atoms with Crippen molar-refractivity contribution in [3.05, 3.63) is 16.3 Å². The molecule has 0 saturated heterocycles. The molecule has 0 aliphatic heterocycles. The third-order valence-corrected chi connectivity index (χ3v) is 7.01. The smallest absolute Gasteiger partial charge is 0.231 e. The van der Waals surface area contributed by atoms with Crippen molar-refractivity contribution in [2.75, 3.05) is 5.75 Å². The van der Waals surface area contributed by atoms with Gasteiger partial charge in [0.15, 0.2) is 0 Å². The van der Waals surface area contributed by atoms with Crippen LogP contribution in [-0.2, 0) is 17.6 Å². The Hall–Kier alpha value is -1.58. The van der Waals surface area contributed by atoms with E-state index in [0.717, 1.165) is 46.8 Å². The highest BCUT2D eigenvalue weighted by Gasteiger charge is 2.26. The molecule has 0 radical (unpaired) electrons. The van der Waals surface area contributed by atoms with Crippen LogP contribution in [0.2, 0.25) is 0 Å². The zero-order valence-corrected chi connectivity index (χ0v) is 16.6. The van der Waals surface area contributed by atoms with E-state index >= 15 is 0 Å². The van der Waals surface area contributed by atoms with Crippen LogP contribution in [0, 0.1) is 19.3 Å². The zero-order valence-electron chi connectivity index (χ0n) is 14.9. The highest BCUT2D eigenvalue weighted by molar-refractivity contribution is 8.00. The van der Waals surface area contributed by atoms with E-state index in [2.05, 4.69) is 21.2 Å². The van der Waals surface area contributed by atoms with Crippen molar-refractivity contribution in [3.63, 3.8) is 0 Å². The van der Waals surface area contributed by atoms with E-state index in [9.17, 15) is 4.79 Å². The van der Waals surface area contributed by atoms with E-state index in [1.807, 2.05) is 20.8 Å². The van der Waals surface area contributed by atoms with Crippen molar-refractivity contribution >= 4 is 39.2 Å². The van der Waals surface area contributed by atoms with Crippen LogP contribution in [0.3, 0.4) is 0 Å². The van der Waals surface area contributed by atoms with Crippen molar-refractivity contribution in [1.82, 2.24) is 15.3 Å². The van der Waals surface area contributed by atoms with Gasteiger partial charge in [0.2, 0.25) is 5.91 Å². The number of hydrogen-bond donors (Lipinski definition) is 1. The Morgan fingerprint density at radius 3 is 2.80 bits per heavy atom. The van der Waals surface area contributed by atoms with E-state index in [1.54, 1.807) is 11.3 Å². The largest absolute Gasteiger partial charge is 0.339 e. The summed E-state index contributed by atoms with van der Waals surface area (Å²) in [6, 6.07) is 0. The molecule has 2 aromatic heterocycles. The number of thioether (sulfide) groups is 1. The van der Waals surface area contributed by atoms with Crippen molar-refractivity contribution < 1.29 is 4.79 Å². The standard InChI is InChI=1S/C19H23N3OS2/c1-5-19(6-2,7-3)22-15(23)11-24-17-16-13-9-8-10-14(13)25-18(16)21-12(4)20-17/h1H,6-11H2,2-4H3,(H,22,23). The number of thiophene rings is 1. The fraction of sp³-hybridized carbons (Fsp3) is 0.526. The first-order chi connectivity index (χ1) is 12.0. The predicted molar refractivity (Wildman–Crippen MR) is 105 cm³/mol. The number of terminal acetylenes is 1. The summed E-state index contributed by atoms with van der Waals surface area (Å²) >= 11 is 3.27. The number of aryl methyl sites for hydroxylation is 3. The first-order valence-electron chi connectivity index (χ1n) is 8.72. The molecule has 1 N–H and O–H groups in total. The second kappa shape index (κ2) is 7.35. The fourth-order valence-electron chi connectivity index (χ4n) is 3.27. The zero-order chi connectivity index (χ0) is 18.0. The lowest BCUT2D eigenvalue weighted by Crippen LogP contribution is -2.47. The number of carbonyl (C=O) groups is 1. The molecule has 0 spiro atoms. The maximum absolute atomic E-state index is 12.4. The summed E-state index contributed by atoms with van der Waals surface area (Å²) in [5.41, 5.74) is 0.848. The Kier molecular flexibility index (Phi) is 5.35.